The number of pyridine rings is 1. The number of halogens is 1. The smallest absolute Gasteiger partial charge is 0.261 e. The Balaban J connectivity index is 1.44. The van der Waals surface area contributed by atoms with Crippen molar-refractivity contribution in [1.29, 1.82) is 0 Å². The van der Waals surface area contributed by atoms with Gasteiger partial charge in [0, 0.05) is 45.1 Å². The first-order valence-electron chi connectivity index (χ1n) is 10.2. The van der Waals surface area contributed by atoms with E-state index in [1.807, 2.05) is 12.1 Å². The highest BCUT2D eigenvalue weighted by atomic mass is 32.2. The topological polar surface area (TPSA) is 82.6 Å². The molecule has 1 amide bonds. The summed E-state index contributed by atoms with van der Waals surface area (Å²) in [6.45, 7) is 3.32. The maximum Gasteiger partial charge on any atom is 0.261 e. The van der Waals surface area contributed by atoms with Gasteiger partial charge in [0.05, 0.1) is 16.1 Å². The van der Waals surface area contributed by atoms with E-state index in [0.29, 0.717) is 13.1 Å². The highest BCUT2D eigenvalue weighted by molar-refractivity contribution is 7.92. The molecular formula is C23H23FN4O3S. The molecule has 166 valence electrons. The van der Waals surface area contributed by atoms with Gasteiger partial charge >= 0.3 is 0 Å². The molecule has 0 unspecified atom stereocenters. The highest BCUT2D eigenvalue weighted by Gasteiger charge is 2.25. The molecule has 0 atom stereocenters. The second kappa shape index (κ2) is 9.46. The van der Waals surface area contributed by atoms with E-state index in [9.17, 15) is 17.6 Å². The van der Waals surface area contributed by atoms with Gasteiger partial charge in [-0.25, -0.2) is 12.8 Å². The van der Waals surface area contributed by atoms with Crippen LogP contribution < -0.4 is 4.72 Å². The highest BCUT2D eigenvalue weighted by Crippen LogP contribution is 2.22. The van der Waals surface area contributed by atoms with Crippen LogP contribution in [0.15, 0.2) is 78.0 Å². The normalized spacial score (nSPS) is 14.8. The van der Waals surface area contributed by atoms with Gasteiger partial charge in [-0.2, -0.15) is 0 Å². The zero-order valence-electron chi connectivity index (χ0n) is 17.3. The molecule has 1 aromatic heterocycles. The summed E-state index contributed by atoms with van der Waals surface area (Å²) < 4.78 is 41.0. The fourth-order valence-electron chi connectivity index (χ4n) is 3.60. The lowest BCUT2D eigenvalue weighted by Gasteiger charge is -2.35. The summed E-state index contributed by atoms with van der Waals surface area (Å²) in [5, 5.41) is 0. The summed E-state index contributed by atoms with van der Waals surface area (Å²) in [7, 11) is -3.96. The standard InChI is InChI=1S/C23H23FN4O3S/c24-19-5-7-20(8-6-19)32(30,31)26-22-4-2-1-3-21(22)23(29)28-15-13-27(14-16-28)17-18-9-11-25-12-10-18/h1-12,26H,13-17H2. The molecule has 2 aromatic carbocycles. The van der Waals surface area contributed by atoms with Gasteiger partial charge in [0.25, 0.3) is 15.9 Å². The first-order valence-corrected chi connectivity index (χ1v) is 11.7. The summed E-state index contributed by atoms with van der Waals surface area (Å²) in [5.41, 5.74) is 1.64. The van der Waals surface area contributed by atoms with Crippen molar-refractivity contribution >= 4 is 21.6 Å². The summed E-state index contributed by atoms with van der Waals surface area (Å²) in [4.78, 5) is 21.1. The number of carbonyl (C=O) groups is 1. The van der Waals surface area contributed by atoms with Gasteiger partial charge < -0.3 is 4.90 Å². The number of benzene rings is 2. The van der Waals surface area contributed by atoms with Crippen molar-refractivity contribution < 1.29 is 17.6 Å². The van der Waals surface area contributed by atoms with E-state index in [0.717, 1.165) is 31.8 Å². The predicted octanol–water partition coefficient (Wildman–Crippen LogP) is 2.98. The summed E-state index contributed by atoms with van der Waals surface area (Å²) in [5.74, 6) is -0.756. The maximum absolute atomic E-state index is 13.2. The fourth-order valence-corrected chi connectivity index (χ4v) is 4.68. The number of aromatic nitrogens is 1. The van der Waals surface area contributed by atoms with E-state index in [1.54, 1.807) is 41.6 Å². The Morgan fingerprint density at radius 2 is 1.59 bits per heavy atom. The van der Waals surface area contributed by atoms with Gasteiger partial charge in [-0.1, -0.05) is 12.1 Å². The third-order valence-corrected chi connectivity index (χ3v) is 6.72. The molecule has 9 heteroatoms. The first-order chi connectivity index (χ1) is 15.4. The van der Waals surface area contributed by atoms with Crippen molar-refractivity contribution in [3.63, 3.8) is 0 Å². The van der Waals surface area contributed by atoms with Crippen LogP contribution >= 0.6 is 0 Å². The molecule has 1 saturated heterocycles. The number of anilines is 1. The van der Waals surface area contributed by atoms with Crippen molar-refractivity contribution in [3.05, 3.63) is 90.0 Å². The van der Waals surface area contributed by atoms with Gasteiger partial charge in [0.1, 0.15) is 5.82 Å². The Hall–Kier alpha value is -3.30. The second-order valence-corrected chi connectivity index (χ2v) is 9.21. The van der Waals surface area contributed by atoms with Crippen LogP contribution in [0.2, 0.25) is 0 Å². The average Bonchev–Trinajstić information content (AvgIpc) is 2.80. The number of hydrogen-bond donors (Lipinski definition) is 1. The number of nitrogens with zero attached hydrogens (tertiary/aromatic N) is 3. The van der Waals surface area contributed by atoms with Gasteiger partial charge in [-0.3, -0.25) is 19.4 Å². The largest absolute Gasteiger partial charge is 0.336 e. The van der Waals surface area contributed by atoms with E-state index in [2.05, 4.69) is 14.6 Å². The van der Waals surface area contributed by atoms with Gasteiger partial charge in [-0.15, -0.1) is 0 Å². The van der Waals surface area contributed by atoms with Crippen LogP contribution in [0, 0.1) is 5.82 Å². The minimum absolute atomic E-state index is 0.0779. The molecule has 1 N–H and O–H groups in total. The Morgan fingerprint density at radius 1 is 0.938 bits per heavy atom. The lowest BCUT2D eigenvalue weighted by Crippen LogP contribution is -2.48. The van der Waals surface area contributed by atoms with Crippen LogP contribution in [0.25, 0.3) is 0 Å². The zero-order chi connectivity index (χ0) is 22.6. The second-order valence-electron chi connectivity index (χ2n) is 7.53. The average molecular weight is 455 g/mol. The molecule has 0 spiro atoms. The molecular weight excluding hydrogens is 431 g/mol. The van der Waals surface area contributed by atoms with E-state index in [4.69, 9.17) is 0 Å². The third kappa shape index (κ3) is 5.12. The third-order valence-electron chi connectivity index (χ3n) is 5.34. The van der Waals surface area contributed by atoms with Crippen LogP contribution in [0.1, 0.15) is 15.9 Å². The summed E-state index contributed by atoms with van der Waals surface area (Å²) in [6, 6.07) is 15.0. The molecule has 0 saturated carbocycles. The minimum atomic E-state index is -3.96. The molecule has 1 aliphatic heterocycles. The molecule has 0 radical (unpaired) electrons. The maximum atomic E-state index is 13.2. The number of hydrogen-bond acceptors (Lipinski definition) is 5. The van der Waals surface area contributed by atoms with Crippen LogP contribution in [-0.4, -0.2) is 55.3 Å². The first kappa shape index (κ1) is 21.9. The number of rotatable bonds is 6. The van der Waals surface area contributed by atoms with Crippen molar-refractivity contribution in [2.75, 3.05) is 30.9 Å². The Bertz CT molecular complexity index is 1180. The van der Waals surface area contributed by atoms with Gasteiger partial charge in [-0.05, 0) is 54.1 Å². The monoisotopic (exact) mass is 454 g/mol. The van der Waals surface area contributed by atoms with Crippen molar-refractivity contribution in [2.45, 2.75) is 11.4 Å². The fraction of sp³-hybridized carbons (Fsp3) is 0.217. The van der Waals surface area contributed by atoms with Crippen LogP contribution in [0.4, 0.5) is 10.1 Å². The van der Waals surface area contributed by atoms with E-state index in [-0.39, 0.29) is 22.1 Å². The number of para-hydroxylation sites is 1. The van der Waals surface area contributed by atoms with E-state index in [1.165, 1.54) is 17.7 Å². The van der Waals surface area contributed by atoms with Crippen molar-refractivity contribution in [1.82, 2.24) is 14.8 Å². The molecule has 4 rings (SSSR count). The Morgan fingerprint density at radius 3 is 2.28 bits per heavy atom. The lowest BCUT2D eigenvalue weighted by molar-refractivity contribution is 0.0629. The van der Waals surface area contributed by atoms with E-state index >= 15 is 0 Å². The van der Waals surface area contributed by atoms with Crippen molar-refractivity contribution in [2.24, 2.45) is 0 Å². The lowest BCUT2D eigenvalue weighted by atomic mass is 10.1. The SMILES string of the molecule is O=C(c1ccccc1NS(=O)(=O)c1ccc(F)cc1)N1CCN(Cc2ccncc2)CC1. The van der Waals surface area contributed by atoms with Gasteiger partial charge in [0.2, 0.25) is 0 Å². The minimum Gasteiger partial charge on any atom is -0.336 e. The molecule has 3 aromatic rings. The zero-order valence-corrected chi connectivity index (χ0v) is 18.1. The number of nitrogens with one attached hydrogen (secondary N) is 1. The van der Waals surface area contributed by atoms with Gasteiger partial charge in [0.15, 0.2) is 0 Å². The molecule has 1 fully saturated rings. The molecule has 7 nitrogen and oxygen atoms in total. The predicted molar refractivity (Wildman–Crippen MR) is 119 cm³/mol. The van der Waals surface area contributed by atoms with Crippen LogP contribution in [0.3, 0.4) is 0 Å². The molecule has 0 aliphatic carbocycles. The summed E-state index contributed by atoms with van der Waals surface area (Å²) >= 11 is 0. The number of piperazine rings is 1. The number of sulfonamides is 1. The Labute approximate surface area is 186 Å². The quantitative estimate of drug-likeness (QED) is 0.619. The molecule has 32 heavy (non-hydrogen) atoms. The number of amides is 1. The van der Waals surface area contributed by atoms with Crippen LogP contribution in [0.5, 0.6) is 0 Å². The van der Waals surface area contributed by atoms with Crippen molar-refractivity contribution in [3.8, 4) is 0 Å². The molecule has 1 aliphatic rings. The van der Waals surface area contributed by atoms with E-state index < -0.39 is 15.8 Å². The van der Waals surface area contributed by atoms with Crippen LogP contribution in [-0.2, 0) is 16.6 Å². The Kier molecular flexibility index (Phi) is 6.48. The number of carbonyl (C=O) groups excluding carboxylic acids is 1. The molecule has 0 bridgehead atoms. The molecule has 2 heterocycles. The summed E-state index contributed by atoms with van der Waals surface area (Å²) in [6.07, 6.45) is 3.53.